The van der Waals surface area contributed by atoms with Crippen molar-refractivity contribution in [1.82, 2.24) is 4.90 Å². The number of likely N-dealkylation sites (tertiary alicyclic amines) is 1. The average Bonchev–Trinajstić information content (AvgIpc) is 3.01. The van der Waals surface area contributed by atoms with Crippen LogP contribution in [-0.2, 0) is 4.79 Å². The summed E-state index contributed by atoms with van der Waals surface area (Å²) in [6.07, 6.45) is 9.35. The molecule has 4 unspecified atom stereocenters. The molecule has 3 heteroatoms. The number of carbonyl (C=O) groups is 1. The lowest BCUT2D eigenvalue weighted by atomic mass is 9.75. The van der Waals surface area contributed by atoms with Crippen molar-refractivity contribution in [2.75, 3.05) is 13.1 Å². The Labute approximate surface area is 116 Å². The molecule has 2 saturated carbocycles. The SMILES string of the molecule is CCCC1(C(=O)O)CCCN(C2CC3CCC2C3)C1. The van der Waals surface area contributed by atoms with Gasteiger partial charge in [-0.15, -0.1) is 0 Å². The molecule has 19 heavy (non-hydrogen) atoms. The Kier molecular flexibility index (Phi) is 3.59. The number of aliphatic carboxylic acids is 1. The smallest absolute Gasteiger partial charge is 0.310 e. The number of hydrogen-bond acceptors (Lipinski definition) is 2. The van der Waals surface area contributed by atoms with E-state index in [1.165, 1.54) is 25.7 Å². The largest absolute Gasteiger partial charge is 0.481 e. The zero-order valence-electron chi connectivity index (χ0n) is 12.1. The molecule has 0 aromatic heterocycles. The lowest BCUT2D eigenvalue weighted by Gasteiger charge is -2.44. The van der Waals surface area contributed by atoms with Gasteiger partial charge in [-0.25, -0.2) is 0 Å². The molecule has 0 radical (unpaired) electrons. The first kappa shape index (κ1) is 13.4. The number of piperidine rings is 1. The monoisotopic (exact) mass is 265 g/mol. The highest BCUT2D eigenvalue weighted by Crippen LogP contribution is 2.48. The van der Waals surface area contributed by atoms with Crippen LogP contribution >= 0.6 is 0 Å². The van der Waals surface area contributed by atoms with Gasteiger partial charge in [0.25, 0.3) is 0 Å². The molecule has 3 nitrogen and oxygen atoms in total. The van der Waals surface area contributed by atoms with Gasteiger partial charge in [0.05, 0.1) is 5.41 Å². The molecule has 1 N–H and O–H groups in total. The number of hydrogen-bond donors (Lipinski definition) is 1. The van der Waals surface area contributed by atoms with Gasteiger partial charge in [0.2, 0.25) is 0 Å². The molecule has 0 amide bonds. The van der Waals surface area contributed by atoms with Crippen molar-refractivity contribution >= 4 is 5.97 Å². The van der Waals surface area contributed by atoms with E-state index in [0.29, 0.717) is 6.04 Å². The second kappa shape index (κ2) is 5.08. The molecule has 1 aliphatic heterocycles. The maximum absolute atomic E-state index is 11.8. The van der Waals surface area contributed by atoms with E-state index >= 15 is 0 Å². The van der Waals surface area contributed by atoms with Crippen LogP contribution in [0.15, 0.2) is 0 Å². The lowest BCUT2D eigenvalue weighted by Crippen LogP contribution is -2.52. The second-order valence-electron chi connectivity index (χ2n) is 7.15. The summed E-state index contributed by atoms with van der Waals surface area (Å²) < 4.78 is 0. The van der Waals surface area contributed by atoms with Crippen LogP contribution in [0.5, 0.6) is 0 Å². The van der Waals surface area contributed by atoms with E-state index in [-0.39, 0.29) is 0 Å². The van der Waals surface area contributed by atoms with Crippen molar-refractivity contribution in [2.24, 2.45) is 17.3 Å². The molecule has 3 fully saturated rings. The molecule has 0 aromatic rings. The number of nitrogens with zero attached hydrogens (tertiary/aromatic N) is 1. The van der Waals surface area contributed by atoms with Crippen molar-refractivity contribution in [3.8, 4) is 0 Å². The Balaban J connectivity index is 1.72. The summed E-state index contributed by atoms with van der Waals surface area (Å²) in [7, 11) is 0. The van der Waals surface area contributed by atoms with Gasteiger partial charge < -0.3 is 5.11 Å². The van der Waals surface area contributed by atoms with Crippen LogP contribution in [0.3, 0.4) is 0 Å². The van der Waals surface area contributed by atoms with Gasteiger partial charge in [-0.05, 0) is 56.9 Å². The van der Waals surface area contributed by atoms with Crippen molar-refractivity contribution in [3.63, 3.8) is 0 Å². The summed E-state index contributed by atoms with van der Waals surface area (Å²) in [6, 6.07) is 0.703. The average molecular weight is 265 g/mol. The minimum atomic E-state index is -0.554. The highest BCUT2D eigenvalue weighted by molar-refractivity contribution is 5.75. The van der Waals surface area contributed by atoms with E-state index < -0.39 is 11.4 Å². The van der Waals surface area contributed by atoms with Crippen LogP contribution in [-0.4, -0.2) is 35.1 Å². The van der Waals surface area contributed by atoms with E-state index in [2.05, 4.69) is 11.8 Å². The summed E-state index contributed by atoms with van der Waals surface area (Å²) >= 11 is 0. The molecule has 3 aliphatic rings. The fourth-order valence-corrected chi connectivity index (χ4v) is 5.07. The number of rotatable bonds is 4. The van der Waals surface area contributed by atoms with Crippen LogP contribution in [0.1, 0.15) is 58.3 Å². The maximum Gasteiger partial charge on any atom is 0.310 e. The van der Waals surface area contributed by atoms with Crippen LogP contribution in [0.2, 0.25) is 0 Å². The molecule has 1 saturated heterocycles. The molecule has 2 aliphatic carbocycles. The Morgan fingerprint density at radius 2 is 2.21 bits per heavy atom. The Morgan fingerprint density at radius 1 is 1.37 bits per heavy atom. The third kappa shape index (κ3) is 2.31. The Hall–Kier alpha value is -0.570. The molecular formula is C16H27NO2. The molecule has 2 bridgehead atoms. The third-order valence-corrected chi connectivity index (χ3v) is 5.96. The van der Waals surface area contributed by atoms with Gasteiger partial charge >= 0.3 is 5.97 Å². The van der Waals surface area contributed by atoms with Gasteiger partial charge in [-0.3, -0.25) is 9.69 Å². The van der Waals surface area contributed by atoms with E-state index in [9.17, 15) is 9.90 Å². The van der Waals surface area contributed by atoms with E-state index in [1.807, 2.05) is 0 Å². The molecule has 3 rings (SSSR count). The first-order valence-electron chi connectivity index (χ1n) is 8.12. The number of fused-ring (bicyclic) bond motifs is 2. The summed E-state index contributed by atoms with van der Waals surface area (Å²) in [5, 5.41) is 9.69. The predicted molar refractivity (Wildman–Crippen MR) is 75.0 cm³/mol. The number of carboxylic acid groups (broad SMARTS) is 1. The first-order valence-corrected chi connectivity index (χ1v) is 8.12. The standard InChI is InChI=1S/C16H27NO2/c1-2-6-16(15(18)19)7-3-8-17(11-16)14-10-12-4-5-13(14)9-12/h12-14H,2-11H2,1H3,(H,18,19). The third-order valence-electron chi connectivity index (χ3n) is 5.96. The van der Waals surface area contributed by atoms with Crippen molar-refractivity contribution in [2.45, 2.75) is 64.3 Å². The molecule has 108 valence electrons. The van der Waals surface area contributed by atoms with Gasteiger partial charge in [0, 0.05) is 12.6 Å². The number of carboxylic acids is 1. The predicted octanol–water partition coefficient (Wildman–Crippen LogP) is 3.14. The van der Waals surface area contributed by atoms with E-state index in [1.54, 1.807) is 0 Å². The summed E-state index contributed by atoms with van der Waals surface area (Å²) in [5.41, 5.74) is -0.450. The topological polar surface area (TPSA) is 40.5 Å². The van der Waals surface area contributed by atoms with Crippen LogP contribution < -0.4 is 0 Å². The molecule has 1 heterocycles. The Morgan fingerprint density at radius 3 is 2.79 bits per heavy atom. The second-order valence-corrected chi connectivity index (χ2v) is 7.15. The van der Waals surface area contributed by atoms with Crippen LogP contribution in [0, 0.1) is 17.3 Å². The molecule has 4 atom stereocenters. The molecular weight excluding hydrogens is 238 g/mol. The summed E-state index contributed by atoms with van der Waals surface area (Å²) in [6.45, 7) is 4.05. The lowest BCUT2D eigenvalue weighted by molar-refractivity contribution is -0.154. The first-order chi connectivity index (χ1) is 9.14. The fourth-order valence-electron chi connectivity index (χ4n) is 5.07. The van der Waals surface area contributed by atoms with Gasteiger partial charge in [0.1, 0.15) is 0 Å². The maximum atomic E-state index is 11.8. The van der Waals surface area contributed by atoms with Crippen LogP contribution in [0.4, 0.5) is 0 Å². The van der Waals surface area contributed by atoms with E-state index in [4.69, 9.17) is 0 Å². The van der Waals surface area contributed by atoms with Crippen molar-refractivity contribution in [3.05, 3.63) is 0 Å². The van der Waals surface area contributed by atoms with Crippen molar-refractivity contribution in [1.29, 1.82) is 0 Å². The Bertz CT molecular complexity index is 353. The zero-order chi connectivity index (χ0) is 13.5. The highest BCUT2D eigenvalue weighted by atomic mass is 16.4. The van der Waals surface area contributed by atoms with Gasteiger partial charge in [0.15, 0.2) is 0 Å². The minimum absolute atomic E-state index is 0.450. The summed E-state index contributed by atoms with van der Waals surface area (Å²) in [4.78, 5) is 14.3. The summed E-state index contributed by atoms with van der Waals surface area (Å²) in [5.74, 6) is 1.26. The van der Waals surface area contributed by atoms with Gasteiger partial charge in [-0.2, -0.15) is 0 Å². The molecule has 0 spiro atoms. The van der Waals surface area contributed by atoms with E-state index in [0.717, 1.165) is 50.6 Å². The van der Waals surface area contributed by atoms with Gasteiger partial charge in [-0.1, -0.05) is 19.8 Å². The normalized spacial score (nSPS) is 42.7. The highest BCUT2D eigenvalue weighted by Gasteiger charge is 2.48. The molecule has 0 aromatic carbocycles. The van der Waals surface area contributed by atoms with Crippen LogP contribution in [0.25, 0.3) is 0 Å². The minimum Gasteiger partial charge on any atom is -0.481 e. The quantitative estimate of drug-likeness (QED) is 0.849. The fraction of sp³-hybridized carbons (Fsp3) is 0.938. The van der Waals surface area contributed by atoms with Crippen molar-refractivity contribution < 1.29 is 9.90 Å². The zero-order valence-corrected chi connectivity index (χ0v) is 12.1.